The van der Waals surface area contributed by atoms with Crippen LogP contribution in [0.2, 0.25) is 0 Å². The Morgan fingerprint density at radius 1 is 1.05 bits per heavy atom. The molecule has 38 heavy (non-hydrogen) atoms. The number of aliphatic hydroxyl groups excluding tert-OH is 3. The van der Waals surface area contributed by atoms with Gasteiger partial charge in [-0.05, 0) is 104 Å². The number of carbonyl (C=O) groups excluding carboxylic acids is 1. The molecule has 4 aliphatic carbocycles. The Morgan fingerprint density at radius 2 is 1.82 bits per heavy atom. The molecule has 0 bridgehead atoms. The van der Waals surface area contributed by atoms with Crippen molar-refractivity contribution in [3.63, 3.8) is 0 Å². The lowest BCUT2D eigenvalue weighted by Crippen LogP contribution is -2.62. The van der Waals surface area contributed by atoms with Gasteiger partial charge < -0.3 is 20.6 Å². The van der Waals surface area contributed by atoms with E-state index in [-0.39, 0.29) is 34.9 Å². The van der Waals surface area contributed by atoms with Gasteiger partial charge in [0.25, 0.3) is 0 Å². The van der Waals surface area contributed by atoms with Gasteiger partial charge in [0.15, 0.2) is 0 Å². The van der Waals surface area contributed by atoms with Gasteiger partial charge in [-0.3, -0.25) is 4.79 Å². The Kier molecular flexibility index (Phi) is 8.02. The van der Waals surface area contributed by atoms with E-state index >= 15 is 0 Å². The van der Waals surface area contributed by atoms with Crippen molar-refractivity contribution in [1.82, 2.24) is 10.2 Å². The number of hydrogen-bond donors (Lipinski definition) is 4. The smallest absolute Gasteiger partial charge is 0.226 e. The maximum Gasteiger partial charge on any atom is 0.226 e. The molecular weight excluding hydrogens is 498 g/mol. The molecule has 4 saturated carbocycles. The molecule has 0 saturated heterocycles. The first kappa shape index (κ1) is 28.4. The number of fused-ring (bicyclic) bond motifs is 5. The lowest BCUT2D eigenvalue weighted by atomic mass is 9.43. The van der Waals surface area contributed by atoms with Gasteiger partial charge in [-0.25, -0.2) is 0 Å². The zero-order chi connectivity index (χ0) is 27.4. The first-order chi connectivity index (χ1) is 17.9. The molecule has 0 spiro atoms. The number of nitrogens with zero attached hydrogens (tertiary/aromatic N) is 2. The van der Waals surface area contributed by atoms with Crippen molar-refractivity contribution in [3.8, 4) is 0 Å². The largest absolute Gasteiger partial charge is 0.393 e. The minimum absolute atomic E-state index is 0.0193. The van der Waals surface area contributed by atoms with Gasteiger partial charge in [-0.1, -0.05) is 46.0 Å². The van der Waals surface area contributed by atoms with Crippen molar-refractivity contribution in [2.24, 2.45) is 52.3 Å². The molecule has 1 aromatic heterocycles. The third kappa shape index (κ3) is 4.97. The zero-order valence-corrected chi connectivity index (χ0v) is 24.7. The number of anilines is 1. The highest BCUT2D eigenvalue weighted by Gasteiger charge is 2.65. The van der Waals surface area contributed by atoms with E-state index in [1.807, 2.05) is 0 Å². The second-order valence-electron chi connectivity index (χ2n) is 14.2. The van der Waals surface area contributed by atoms with Crippen LogP contribution >= 0.6 is 11.3 Å². The summed E-state index contributed by atoms with van der Waals surface area (Å²) in [6, 6.07) is 0. The van der Waals surface area contributed by atoms with Crippen LogP contribution in [0.1, 0.15) is 97.4 Å². The van der Waals surface area contributed by atoms with Crippen molar-refractivity contribution >= 4 is 22.4 Å². The normalized spacial score (nSPS) is 43.3. The van der Waals surface area contributed by atoms with E-state index in [0.717, 1.165) is 62.8 Å². The van der Waals surface area contributed by atoms with Crippen LogP contribution in [-0.4, -0.2) is 49.7 Å². The van der Waals surface area contributed by atoms with Gasteiger partial charge >= 0.3 is 0 Å². The van der Waals surface area contributed by atoms with Gasteiger partial charge in [-0.15, -0.1) is 10.2 Å². The van der Waals surface area contributed by atoms with Crippen molar-refractivity contribution in [2.75, 3.05) is 5.32 Å². The molecule has 0 aliphatic heterocycles. The molecule has 11 unspecified atom stereocenters. The maximum atomic E-state index is 12.7. The molecule has 1 amide bonds. The standard InChI is InChI=1S/C30H49N3O4S/c1-16(2)12-26-32-33-28(38-26)31-25(37)9-6-17(3)20-7-8-21-27-22(15-24(36)30(20,21)5)29(4)11-10-19(34)13-18(29)14-23(27)35/h16-24,27,34-36H,6-15H2,1-5H3,(H,31,33,37). The van der Waals surface area contributed by atoms with E-state index in [9.17, 15) is 20.1 Å². The Morgan fingerprint density at radius 3 is 2.55 bits per heavy atom. The number of carbonyl (C=O) groups is 1. The Hall–Kier alpha value is -1.09. The van der Waals surface area contributed by atoms with Gasteiger partial charge in [0.1, 0.15) is 5.01 Å². The number of aromatic nitrogens is 2. The predicted molar refractivity (Wildman–Crippen MR) is 149 cm³/mol. The lowest BCUT2D eigenvalue weighted by Gasteiger charge is -2.63. The molecule has 214 valence electrons. The molecule has 8 heteroatoms. The van der Waals surface area contributed by atoms with E-state index in [1.54, 1.807) is 0 Å². The Bertz CT molecular complexity index is 1000. The fraction of sp³-hybridized carbons (Fsp3) is 0.900. The van der Waals surface area contributed by atoms with E-state index < -0.39 is 6.10 Å². The van der Waals surface area contributed by atoms with Crippen LogP contribution in [0, 0.1) is 52.3 Å². The molecule has 4 aliphatic rings. The molecular formula is C30H49N3O4S. The minimum Gasteiger partial charge on any atom is -0.393 e. The minimum atomic E-state index is -0.395. The van der Waals surface area contributed by atoms with E-state index in [1.165, 1.54) is 11.3 Å². The van der Waals surface area contributed by atoms with Crippen LogP contribution in [0.25, 0.3) is 0 Å². The highest BCUT2D eigenvalue weighted by Crippen LogP contribution is 2.68. The number of rotatable bonds is 7. The first-order valence-corrected chi connectivity index (χ1v) is 15.9. The van der Waals surface area contributed by atoms with E-state index in [4.69, 9.17) is 0 Å². The predicted octanol–water partition coefficient (Wildman–Crippen LogP) is 5.05. The second-order valence-corrected chi connectivity index (χ2v) is 15.3. The monoisotopic (exact) mass is 547 g/mol. The quantitative estimate of drug-likeness (QED) is 0.380. The summed E-state index contributed by atoms with van der Waals surface area (Å²) in [5.74, 6) is 2.30. The average Bonchev–Trinajstić information content (AvgIpc) is 3.43. The summed E-state index contributed by atoms with van der Waals surface area (Å²) in [5.41, 5.74) is -0.145. The number of hydrogen-bond acceptors (Lipinski definition) is 7. The first-order valence-electron chi connectivity index (χ1n) is 15.1. The van der Waals surface area contributed by atoms with Gasteiger partial charge in [0.05, 0.1) is 18.3 Å². The number of aliphatic hydroxyl groups is 3. The van der Waals surface area contributed by atoms with Crippen molar-refractivity contribution in [1.29, 1.82) is 0 Å². The van der Waals surface area contributed by atoms with Crippen LogP contribution in [0.4, 0.5) is 5.13 Å². The van der Waals surface area contributed by atoms with E-state index in [2.05, 4.69) is 50.1 Å². The molecule has 1 heterocycles. The van der Waals surface area contributed by atoms with Crippen LogP contribution in [0.15, 0.2) is 0 Å². The summed E-state index contributed by atoms with van der Waals surface area (Å²) in [5, 5.41) is 46.3. The SMILES string of the molecule is CC(C)Cc1nnc(NC(=O)CCC(C)C2CCC3C4C(O)CC5CC(O)CCC5(C)C4CC(O)C23C)s1. The van der Waals surface area contributed by atoms with E-state index in [0.29, 0.717) is 47.1 Å². The lowest BCUT2D eigenvalue weighted by molar-refractivity contribution is -0.207. The molecule has 4 fully saturated rings. The molecule has 4 N–H and O–H groups in total. The molecule has 1 aromatic rings. The maximum absolute atomic E-state index is 12.7. The third-order valence-electron chi connectivity index (χ3n) is 11.6. The molecule has 0 aromatic carbocycles. The van der Waals surface area contributed by atoms with Crippen LogP contribution in [0.5, 0.6) is 0 Å². The summed E-state index contributed by atoms with van der Waals surface area (Å²) in [7, 11) is 0. The van der Waals surface area contributed by atoms with Crippen molar-refractivity contribution in [3.05, 3.63) is 5.01 Å². The molecule has 11 atom stereocenters. The summed E-state index contributed by atoms with van der Waals surface area (Å²) in [4.78, 5) is 12.7. The second kappa shape index (κ2) is 10.7. The number of nitrogens with one attached hydrogen (secondary N) is 1. The topological polar surface area (TPSA) is 116 Å². The Balaban J connectivity index is 1.24. The van der Waals surface area contributed by atoms with Gasteiger partial charge in [-0.2, -0.15) is 0 Å². The highest BCUT2D eigenvalue weighted by atomic mass is 32.1. The van der Waals surface area contributed by atoms with Gasteiger partial charge in [0.2, 0.25) is 11.0 Å². The van der Waals surface area contributed by atoms with Gasteiger partial charge in [0, 0.05) is 12.8 Å². The fourth-order valence-electron chi connectivity index (χ4n) is 9.61. The van der Waals surface area contributed by atoms with Crippen LogP contribution < -0.4 is 5.32 Å². The van der Waals surface area contributed by atoms with Crippen LogP contribution in [-0.2, 0) is 11.2 Å². The molecule has 0 radical (unpaired) electrons. The Labute approximate surface area is 232 Å². The highest BCUT2D eigenvalue weighted by molar-refractivity contribution is 7.15. The fourth-order valence-corrected chi connectivity index (χ4v) is 10.6. The summed E-state index contributed by atoms with van der Waals surface area (Å²) >= 11 is 1.46. The van der Waals surface area contributed by atoms with Crippen molar-refractivity contribution < 1.29 is 20.1 Å². The van der Waals surface area contributed by atoms with Crippen LogP contribution in [0.3, 0.4) is 0 Å². The zero-order valence-electron chi connectivity index (χ0n) is 23.9. The summed E-state index contributed by atoms with van der Waals surface area (Å²) in [6.45, 7) is 11.2. The van der Waals surface area contributed by atoms with Crippen molar-refractivity contribution in [2.45, 2.75) is 117 Å². The summed E-state index contributed by atoms with van der Waals surface area (Å²) in [6.07, 6.45) is 7.30. The third-order valence-corrected chi connectivity index (χ3v) is 12.5. The summed E-state index contributed by atoms with van der Waals surface area (Å²) < 4.78 is 0. The molecule has 7 nitrogen and oxygen atoms in total. The average molecular weight is 548 g/mol. The molecule has 5 rings (SSSR count). The number of amides is 1.